The number of benzene rings is 1. The summed E-state index contributed by atoms with van der Waals surface area (Å²) in [5.41, 5.74) is 4.40. The fourth-order valence-electron chi connectivity index (χ4n) is 3.37. The van der Waals surface area contributed by atoms with Crippen LogP contribution in [0, 0.1) is 3.57 Å². The van der Waals surface area contributed by atoms with Gasteiger partial charge in [-0.3, -0.25) is 14.2 Å². The fraction of sp³-hybridized carbons (Fsp3) is 0.182. The molecule has 31 heavy (non-hydrogen) atoms. The van der Waals surface area contributed by atoms with Crippen LogP contribution in [0.4, 0.5) is 5.82 Å². The van der Waals surface area contributed by atoms with E-state index in [2.05, 4.69) is 54.5 Å². The summed E-state index contributed by atoms with van der Waals surface area (Å²) >= 11 is 2.31. The Labute approximate surface area is 193 Å². The van der Waals surface area contributed by atoms with E-state index in [1.54, 1.807) is 32.9 Å². The first-order chi connectivity index (χ1) is 15.1. The van der Waals surface area contributed by atoms with Gasteiger partial charge in [-0.25, -0.2) is 0 Å². The van der Waals surface area contributed by atoms with Gasteiger partial charge in [-0.15, -0.1) is 10.2 Å². The summed E-state index contributed by atoms with van der Waals surface area (Å²) in [6.07, 6.45) is 5.42. The maximum atomic E-state index is 11.7. The molecule has 8 nitrogen and oxygen atoms in total. The van der Waals surface area contributed by atoms with E-state index < -0.39 is 0 Å². The third-order valence-electron chi connectivity index (χ3n) is 4.95. The van der Waals surface area contributed by atoms with Crippen molar-refractivity contribution < 1.29 is 9.53 Å². The SMILES string of the molecule is CNC(=O)Cc1cncc(-c2ccc(NCc3c(I)cccc3OC)n3cnnc23)c1. The largest absolute Gasteiger partial charge is 0.496 e. The molecule has 0 bridgehead atoms. The smallest absolute Gasteiger partial charge is 0.224 e. The average molecular weight is 528 g/mol. The Hall–Kier alpha value is -3.21. The second-order valence-electron chi connectivity index (χ2n) is 6.86. The Morgan fingerprint density at radius 1 is 1.23 bits per heavy atom. The van der Waals surface area contributed by atoms with Crippen molar-refractivity contribution in [2.45, 2.75) is 13.0 Å². The van der Waals surface area contributed by atoms with E-state index in [0.29, 0.717) is 12.2 Å². The summed E-state index contributed by atoms with van der Waals surface area (Å²) in [6.45, 7) is 0.595. The number of ether oxygens (including phenoxy) is 1. The van der Waals surface area contributed by atoms with Crippen LogP contribution in [0.15, 0.2) is 55.1 Å². The Morgan fingerprint density at radius 3 is 2.90 bits per heavy atom. The van der Waals surface area contributed by atoms with E-state index >= 15 is 0 Å². The van der Waals surface area contributed by atoms with E-state index in [-0.39, 0.29) is 12.3 Å². The van der Waals surface area contributed by atoms with Gasteiger partial charge in [0.1, 0.15) is 17.9 Å². The van der Waals surface area contributed by atoms with Gasteiger partial charge in [0.15, 0.2) is 5.65 Å². The van der Waals surface area contributed by atoms with Crippen LogP contribution in [-0.4, -0.2) is 39.6 Å². The zero-order valence-electron chi connectivity index (χ0n) is 17.1. The van der Waals surface area contributed by atoms with Crippen molar-refractivity contribution in [2.24, 2.45) is 0 Å². The molecular formula is C22H21IN6O2. The maximum Gasteiger partial charge on any atom is 0.224 e. The van der Waals surface area contributed by atoms with Crippen LogP contribution in [0.2, 0.25) is 0 Å². The average Bonchev–Trinajstić information content (AvgIpc) is 3.28. The molecule has 0 spiro atoms. The van der Waals surface area contributed by atoms with Crippen LogP contribution >= 0.6 is 22.6 Å². The number of amides is 1. The minimum atomic E-state index is -0.0582. The lowest BCUT2D eigenvalue weighted by atomic mass is 10.1. The number of carbonyl (C=O) groups is 1. The van der Waals surface area contributed by atoms with Crippen molar-refractivity contribution in [3.05, 3.63) is 69.8 Å². The zero-order chi connectivity index (χ0) is 21.8. The molecule has 9 heteroatoms. The van der Waals surface area contributed by atoms with Crippen LogP contribution in [-0.2, 0) is 17.8 Å². The van der Waals surface area contributed by atoms with Crippen LogP contribution in [0.25, 0.3) is 16.8 Å². The number of likely N-dealkylation sites (N-methyl/N-ethyl adjacent to an activating group) is 1. The molecule has 2 N–H and O–H groups in total. The Kier molecular flexibility index (Phi) is 6.31. The van der Waals surface area contributed by atoms with Crippen LogP contribution in [0.5, 0.6) is 5.75 Å². The Bertz CT molecular complexity index is 1240. The van der Waals surface area contributed by atoms with Gasteiger partial charge in [0, 0.05) is 46.2 Å². The summed E-state index contributed by atoms with van der Waals surface area (Å²) in [5.74, 6) is 1.65. The number of nitrogens with zero attached hydrogens (tertiary/aromatic N) is 4. The number of nitrogens with one attached hydrogen (secondary N) is 2. The monoisotopic (exact) mass is 528 g/mol. The number of anilines is 1. The van der Waals surface area contributed by atoms with Crippen LogP contribution in [0.3, 0.4) is 0 Å². The summed E-state index contributed by atoms with van der Waals surface area (Å²) in [7, 11) is 3.30. The van der Waals surface area contributed by atoms with Gasteiger partial charge in [-0.05, 0) is 58.5 Å². The number of hydrogen-bond acceptors (Lipinski definition) is 6. The number of halogens is 1. The molecule has 0 radical (unpaired) electrons. The lowest BCUT2D eigenvalue weighted by molar-refractivity contribution is -0.119. The molecule has 158 valence electrons. The minimum Gasteiger partial charge on any atom is -0.496 e. The third kappa shape index (κ3) is 4.46. The number of methoxy groups -OCH3 is 1. The lowest BCUT2D eigenvalue weighted by Gasteiger charge is -2.14. The molecule has 0 saturated carbocycles. The first-order valence-corrected chi connectivity index (χ1v) is 10.7. The van der Waals surface area contributed by atoms with E-state index in [1.807, 2.05) is 34.7 Å². The van der Waals surface area contributed by atoms with Crippen molar-refractivity contribution >= 4 is 40.0 Å². The fourth-order valence-corrected chi connectivity index (χ4v) is 4.03. The third-order valence-corrected chi connectivity index (χ3v) is 5.96. The molecule has 4 aromatic rings. The number of pyridine rings is 2. The molecule has 1 amide bonds. The van der Waals surface area contributed by atoms with E-state index in [1.165, 1.54) is 0 Å². The maximum absolute atomic E-state index is 11.7. The second kappa shape index (κ2) is 9.29. The predicted octanol–water partition coefficient (Wildman–Crippen LogP) is 3.31. The van der Waals surface area contributed by atoms with Gasteiger partial charge in [0.25, 0.3) is 0 Å². The molecule has 1 aromatic carbocycles. The first kappa shape index (κ1) is 21.0. The van der Waals surface area contributed by atoms with Crippen molar-refractivity contribution in [3.63, 3.8) is 0 Å². The highest BCUT2D eigenvalue weighted by Gasteiger charge is 2.13. The molecular weight excluding hydrogens is 507 g/mol. The molecule has 0 aliphatic carbocycles. The minimum absolute atomic E-state index is 0.0582. The molecule has 0 aliphatic rings. The summed E-state index contributed by atoms with van der Waals surface area (Å²) in [6, 6.07) is 11.9. The molecule has 3 heterocycles. The molecule has 0 saturated heterocycles. The predicted molar refractivity (Wildman–Crippen MR) is 127 cm³/mol. The standard InChI is InChI=1S/C22H21IN6O2/c1-24-21(30)9-14-8-15(11-25-10-14)16-6-7-20(29-13-27-28-22(16)29)26-12-17-18(23)4-3-5-19(17)31-2/h3-8,10-11,13,26H,9,12H2,1-2H3,(H,24,30). The number of aromatic nitrogens is 4. The molecule has 0 unspecified atom stereocenters. The van der Waals surface area contributed by atoms with Crippen molar-refractivity contribution in [1.29, 1.82) is 0 Å². The lowest BCUT2D eigenvalue weighted by Crippen LogP contribution is -2.19. The Balaban J connectivity index is 1.64. The van der Waals surface area contributed by atoms with Gasteiger partial charge in [0.2, 0.25) is 5.91 Å². The molecule has 3 aromatic heterocycles. The normalized spacial score (nSPS) is 10.8. The molecule has 4 rings (SSSR count). The van der Waals surface area contributed by atoms with Crippen molar-refractivity contribution in [3.8, 4) is 16.9 Å². The highest BCUT2D eigenvalue weighted by atomic mass is 127. The van der Waals surface area contributed by atoms with Crippen molar-refractivity contribution in [2.75, 3.05) is 19.5 Å². The number of fused-ring (bicyclic) bond motifs is 1. The summed E-state index contributed by atoms with van der Waals surface area (Å²) in [5, 5.41) is 14.5. The summed E-state index contributed by atoms with van der Waals surface area (Å²) < 4.78 is 8.53. The second-order valence-corrected chi connectivity index (χ2v) is 8.03. The van der Waals surface area contributed by atoms with Gasteiger partial charge >= 0.3 is 0 Å². The van der Waals surface area contributed by atoms with E-state index in [9.17, 15) is 4.79 Å². The topological polar surface area (TPSA) is 93.4 Å². The van der Waals surface area contributed by atoms with Crippen molar-refractivity contribution in [1.82, 2.24) is 24.9 Å². The zero-order valence-corrected chi connectivity index (χ0v) is 19.3. The number of hydrogen-bond donors (Lipinski definition) is 2. The quantitative estimate of drug-likeness (QED) is 0.358. The number of carbonyl (C=O) groups excluding carboxylic acids is 1. The molecule has 0 fully saturated rings. The first-order valence-electron chi connectivity index (χ1n) is 9.63. The van der Waals surface area contributed by atoms with E-state index in [0.717, 1.165) is 37.4 Å². The molecule has 0 aliphatic heterocycles. The van der Waals surface area contributed by atoms with Gasteiger partial charge in [0.05, 0.1) is 13.5 Å². The number of rotatable bonds is 7. The molecule has 0 atom stereocenters. The summed E-state index contributed by atoms with van der Waals surface area (Å²) in [4.78, 5) is 16.0. The highest BCUT2D eigenvalue weighted by Crippen LogP contribution is 2.28. The van der Waals surface area contributed by atoms with Gasteiger partial charge < -0.3 is 15.4 Å². The van der Waals surface area contributed by atoms with Gasteiger partial charge in [-0.2, -0.15) is 0 Å². The highest BCUT2D eigenvalue weighted by molar-refractivity contribution is 14.1. The van der Waals surface area contributed by atoms with Gasteiger partial charge in [-0.1, -0.05) is 6.07 Å². The Morgan fingerprint density at radius 2 is 2.10 bits per heavy atom. The van der Waals surface area contributed by atoms with Crippen LogP contribution in [0.1, 0.15) is 11.1 Å². The van der Waals surface area contributed by atoms with Crippen LogP contribution < -0.4 is 15.4 Å². The van der Waals surface area contributed by atoms with E-state index in [4.69, 9.17) is 4.74 Å².